The van der Waals surface area contributed by atoms with Gasteiger partial charge in [-0.2, -0.15) is 0 Å². The second kappa shape index (κ2) is 4.67. The van der Waals surface area contributed by atoms with Gasteiger partial charge in [0.1, 0.15) is 0 Å². The van der Waals surface area contributed by atoms with Crippen molar-refractivity contribution in [2.45, 2.75) is 0 Å². The molecule has 1 nitrogen and oxygen atoms in total. The van der Waals surface area contributed by atoms with Gasteiger partial charge in [0.05, 0.1) is 5.71 Å². The van der Waals surface area contributed by atoms with Crippen molar-refractivity contribution in [2.24, 2.45) is 4.40 Å². The van der Waals surface area contributed by atoms with Crippen molar-refractivity contribution in [3.8, 4) is 0 Å². The van der Waals surface area contributed by atoms with Crippen LogP contribution in [0.15, 0.2) is 40.4 Å². The van der Waals surface area contributed by atoms with Crippen molar-refractivity contribution in [3.05, 3.63) is 36.0 Å². The quantitative estimate of drug-likeness (QED) is 0.537. The molecule has 0 aliphatic heterocycles. The first kappa shape index (κ1) is 9.81. The van der Waals surface area contributed by atoms with Crippen LogP contribution in [0.2, 0.25) is 0 Å². The summed E-state index contributed by atoms with van der Waals surface area (Å²) in [6.07, 6.45) is 8.04. The van der Waals surface area contributed by atoms with E-state index in [0.29, 0.717) is 0 Å². The zero-order valence-corrected chi connectivity index (χ0v) is 9.28. The Bertz CT molecular complexity index is 276. The van der Waals surface area contributed by atoms with Crippen LogP contribution >= 0.6 is 27.9 Å². The Kier molecular flexibility index (Phi) is 3.82. The van der Waals surface area contributed by atoms with Crippen LogP contribution in [0.1, 0.15) is 0 Å². The molecule has 0 aromatic carbocycles. The molecule has 0 unspecified atom stereocenters. The van der Waals surface area contributed by atoms with E-state index in [0.717, 1.165) is 16.6 Å². The summed E-state index contributed by atoms with van der Waals surface area (Å²) in [7, 11) is 0. The molecule has 0 fully saturated rings. The summed E-state index contributed by atoms with van der Waals surface area (Å²) in [6.45, 7) is 3.92. The number of hydrogen-bond acceptors (Lipinski definition) is 2. The van der Waals surface area contributed by atoms with Crippen LogP contribution in [0.4, 0.5) is 0 Å². The molecule has 3 heteroatoms. The Balaban J connectivity index is 2.82. The van der Waals surface area contributed by atoms with Gasteiger partial charge in [0.15, 0.2) is 0 Å². The van der Waals surface area contributed by atoms with Crippen LogP contribution in [-0.4, -0.2) is 17.3 Å². The van der Waals surface area contributed by atoms with Gasteiger partial charge in [-0.05, 0) is 35.2 Å². The number of halogens is 1. The highest BCUT2D eigenvalue weighted by Gasteiger charge is 2.04. The fraction of sp³-hybridized carbons (Fsp3) is 0.222. The minimum atomic E-state index is 0.870. The van der Waals surface area contributed by atoms with E-state index in [9.17, 15) is 0 Å². The Hall–Kier alpha value is -0.280. The van der Waals surface area contributed by atoms with Crippen LogP contribution in [0.5, 0.6) is 0 Å². The number of rotatable bonds is 2. The van der Waals surface area contributed by atoms with Crippen LogP contribution < -0.4 is 0 Å². The van der Waals surface area contributed by atoms with Crippen molar-refractivity contribution >= 4 is 33.6 Å². The minimum absolute atomic E-state index is 0.870. The topological polar surface area (TPSA) is 12.4 Å². The third-order valence-electron chi connectivity index (χ3n) is 1.49. The number of alkyl halides is 1. The molecule has 0 saturated heterocycles. The third-order valence-corrected chi connectivity index (χ3v) is 2.51. The third kappa shape index (κ3) is 2.35. The van der Waals surface area contributed by atoms with E-state index in [-0.39, 0.29) is 0 Å². The smallest absolute Gasteiger partial charge is 0.0779 e. The van der Waals surface area contributed by atoms with Gasteiger partial charge in [0.2, 0.25) is 0 Å². The SMILES string of the molecule is C=C1C=C(CBr)C=CC1=NSC. The number of hydrogen-bond donors (Lipinski definition) is 0. The Morgan fingerprint density at radius 1 is 1.58 bits per heavy atom. The predicted molar refractivity (Wildman–Crippen MR) is 61.1 cm³/mol. The monoisotopic (exact) mass is 243 g/mol. The molecule has 12 heavy (non-hydrogen) atoms. The van der Waals surface area contributed by atoms with E-state index in [1.165, 1.54) is 17.5 Å². The van der Waals surface area contributed by atoms with Gasteiger partial charge in [-0.15, -0.1) is 0 Å². The highest BCUT2D eigenvalue weighted by Crippen LogP contribution is 2.15. The lowest BCUT2D eigenvalue weighted by Crippen LogP contribution is -2.01. The second-order valence-corrected chi connectivity index (χ2v) is 3.48. The van der Waals surface area contributed by atoms with E-state index < -0.39 is 0 Å². The summed E-state index contributed by atoms with van der Waals surface area (Å²) in [5.74, 6) is 0. The van der Waals surface area contributed by atoms with E-state index in [4.69, 9.17) is 0 Å². The molecule has 0 radical (unpaired) electrons. The highest BCUT2D eigenvalue weighted by molar-refractivity contribution is 9.09. The molecule has 0 aromatic heterocycles. The first-order valence-electron chi connectivity index (χ1n) is 3.53. The van der Waals surface area contributed by atoms with Crippen molar-refractivity contribution in [1.82, 2.24) is 0 Å². The van der Waals surface area contributed by atoms with Gasteiger partial charge in [-0.3, -0.25) is 0 Å². The molecule has 0 heterocycles. The first-order chi connectivity index (χ1) is 5.77. The van der Waals surface area contributed by atoms with Crippen molar-refractivity contribution < 1.29 is 0 Å². The van der Waals surface area contributed by atoms with Crippen LogP contribution in [0.25, 0.3) is 0 Å². The molecule has 1 rings (SSSR count). The summed E-state index contributed by atoms with van der Waals surface area (Å²) < 4.78 is 4.22. The molecule has 0 saturated carbocycles. The average molecular weight is 244 g/mol. The fourth-order valence-corrected chi connectivity index (χ4v) is 1.63. The van der Waals surface area contributed by atoms with Gasteiger partial charge in [0, 0.05) is 11.6 Å². The summed E-state index contributed by atoms with van der Waals surface area (Å²) in [5.41, 5.74) is 3.19. The largest absolute Gasteiger partial charge is 0.216 e. The van der Waals surface area contributed by atoms with Gasteiger partial charge in [-0.25, -0.2) is 4.40 Å². The summed E-state index contributed by atoms with van der Waals surface area (Å²) in [6, 6.07) is 0. The zero-order valence-electron chi connectivity index (χ0n) is 6.88. The number of nitrogens with zero attached hydrogens (tertiary/aromatic N) is 1. The Morgan fingerprint density at radius 2 is 2.33 bits per heavy atom. The van der Waals surface area contributed by atoms with Crippen molar-refractivity contribution in [1.29, 1.82) is 0 Å². The average Bonchev–Trinajstić information content (AvgIpc) is 2.09. The fourth-order valence-electron chi connectivity index (χ4n) is 0.909. The van der Waals surface area contributed by atoms with Crippen LogP contribution in [0, 0.1) is 0 Å². The van der Waals surface area contributed by atoms with Gasteiger partial charge in [0.25, 0.3) is 0 Å². The summed E-state index contributed by atoms with van der Waals surface area (Å²) in [4.78, 5) is 0. The number of allylic oxidation sites excluding steroid dienone is 5. The Morgan fingerprint density at radius 3 is 2.83 bits per heavy atom. The lowest BCUT2D eigenvalue weighted by Gasteiger charge is -2.07. The van der Waals surface area contributed by atoms with Gasteiger partial charge >= 0.3 is 0 Å². The molecule has 64 valence electrons. The molecule has 0 atom stereocenters. The molecule has 0 bridgehead atoms. The van der Waals surface area contributed by atoms with Crippen LogP contribution in [-0.2, 0) is 0 Å². The molecular weight excluding hydrogens is 234 g/mol. The first-order valence-corrected chi connectivity index (χ1v) is 5.83. The lowest BCUT2D eigenvalue weighted by molar-refractivity contribution is 1.52. The molecule has 0 aromatic rings. The molecule has 0 amide bonds. The van der Waals surface area contributed by atoms with Crippen LogP contribution in [0.3, 0.4) is 0 Å². The molecule has 1 aliphatic carbocycles. The minimum Gasteiger partial charge on any atom is -0.216 e. The maximum atomic E-state index is 4.22. The van der Waals surface area contributed by atoms with E-state index >= 15 is 0 Å². The normalized spacial score (nSPS) is 20.0. The highest BCUT2D eigenvalue weighted by atomic mass is 79.9. The molecule has 0 N–H and O–H groups in total. The summed E-state index contributed by atoms with van der Waals surface area (Å²) >= 11 is 4.85. The van der Waals surface area contributed by atoms with E-state index in [1.54, 1.807) is 0 Å². The van der Waals surface area contributed by atoms with E-state index in [2.05, 4.69) is 33.0 Å². The van der Waals surface area contributed by atoms with Gasteiger partial charge in [-0.1, -0.05) is 28.6 Å². The van der Waals surface area contributed by atoms with Crippen molar-refractivity contribution in [2.75, 3.05) is 11.6 Å². The lowest BCUT2D eigenvalue weighted by atomic mass is 10.0. The second-order valence-electron chi connectivity index (χ2n) is 2.37. The molecular formula is C9H10BrNS. The zero-order chi connectivity index (χ0) is 8.97. The van der Waals surface area contributed by atoms with E-state index in [1.807, 2.05) is 18.4 Å². The maximum absolute atomic E-state index is 4.22. The maximum Gasteiger partial charge on any atom is 0.0779 e. The Labute approximate surface area is 85.6 Å². The van der Waals surface area contributed by atoms with Gasteiger partial charge < -0.3 is 0 Å². The van der Waals surface area contributed by atoms with Crippen molar-refractivity contribution in [3.63, 3.8) is 0 Å². The molecule has 0 spiro atoms. The predicted octanol–water partition coefficient (Wildman–Crippen LogP) is 3.15. The standard InChI is InChI=1S/C9H10BrNS/c1-7-5-8(6-10)3-4-9(7)11-12-2/h3-5H,1,6H2,2H3. The summed E-state index contributed by atoms with van der Waals surface area (Å²) in [5, 5.41) is 0.870. The molecule has 1 aliphatic rings.